The standard InChI is InChI=1S/C11H15ClN2O4S/c12-10-5-9(1-2-11(10)13)19(15,16)14-6-8-7-17-3-4-18-8/h1-2,5,8,14H,3-4,6-7,13H2. The van der Waals surface area contributed by atoms with Crippen LogP contribution in [0.5, 0.6) is 0 Å². The summed E-state index contributed by atoms with van der Waals surface area (Å²) in [5.74, 6) is 0. The lowest BCUT2D eigenvalue weighted by Crippen LogP contribution is -2.39. The summed E-state index contributed by atoms with van der Waals surface area (Å²) in [6.07, 6.45) is -0.271. The summed E-state index contributed by atoms with van der Waals surface area (Å²) in [5, 5.41) is 0.208. The van der Waals surface area contributed by atoms with Gasteiger partial charge in [-0.05, 0) is 18.2 Å². The molecule has 1 heterocycles. The molecule has 0 aromatic heterocycles. The van der Waals surface area contributed by atoms with Gasteiger partial charge in [0.05, 0.1) is 41.5 Å². The summed E-state index contributed by atoms with van der Waals surface area (Å²) in [5.41, 5.74) is 5.88. The zero-order valence-corrected chi connectivity index (χ0v) is 11.7. The van der Waals surface area contributed by atoms with E-state index in [1.165, 1.54) is 18.2 Å². The average molecular weight is 307 g/mol. The normalized spacial score (nSPS) is 20.4. The zero-order chi connectivity index (χ0) is 13.9. The van der Waals surface area contributed by atoms with Gasteiger partial charge in [-0.15, -0.1) is 0 Å². The molecule has 1 aromatic carbocycles. The number of ether oxygens (including phenoxy) is 2. The van der Waals surface area contributed by atoms with Crippen molar-refractivity contribution < 1.29 is 17.9 Å². The molecule has 1 fully saturated rings. The molecule has 1 aliphatic heterocycles. The van der Waals surface area contributed by atoms with Gasteiger partial charge in [0.25, 0.3) is 0 Å². The Morgan fingerprint density at radius 3 is 2.84 bits per heavy atom. The molecule has 1 aliphatic rings. The molecule has 0 radical (unpaired) electrons. The molecule has 0 amide bonds. The predicted molar refractivity (Wildman–Crippen MR) is 71.6 cm³/mol. The highest BCUT2D eigenvalue weighted by Gasteiger charge is 2.20. The third kappa shape index (κ3) is 3.80. The molecule has 19 heavy (non-hydrogen) atoms. The smallest absolute Gasteiger partial charge is 0.240 e. The molecule has 2 rings (SSSR count). The number of nitrogen functional groups attached to an aromatic ring is 1. The highest BCUT2D eigenvalue weighted by Crippen LogP contribution is 2.22. The van der Waals surface area contributed by atoms with Gasteiger partial charge in [-0.1, -0.05) is 11.6 Å². The Hall–Kier alpha value is -0.860. The Morgan fingerprint density at radius 1 is 1.42 bits per heavy atom. The van der Waals surface area contributed by atoms with Crippen LogP contribution in [0.1, 0.15) is 0 Å². The van der Waals surface area contributed by atoms with E-state index < -0.39 is 10.0 Å². The number of halogens is 1. The molecule has 8 heteroatoms. The van der Waals surface area contributed by atoms with Gasteiger partial charge < -0.3 is 15.2 Å². The third-order valence-electron chi connectivity index (χ3n) is 2.67. The van der Waals surface area contributed by atoms with Crippen molar-refractivity contribution in [3.63, 3.8) is 0 Å². The molecule has 1 aromatic rings. The summed E-state index contributed by atoms with van der Waals surface area (Å²) < 4.78 is 37.1. The molecule has 106 valence electrons. The van der Waals surface area contributed by atoms with Crippen molar-refractivity contribution in [1.29, 1.82) is 0 Å². The fourth-order valence-electron chi connectivity index (χ4n) is 1.62. The van der Waals surface area contributed by atoms with Gasteiger partial charge in [-0.25, -0.2) is 13.1 Å². The minimum Gasteiger partial charge on any atom is -0.398 e. The van der Waals surface area contributed by atoms with Gasteiger partial charge >= 0.3 is 0 Å². The topological polar surface area (TPSA) is 90.7 Å². The van der Waals surface area contributed by atoms with Crippen molar-refractivity contribution in [3.8, 4) is 0 Å². The molecule has 1 unspecified atom stereocenters. The summed E-state index contributed by atoms with van der Waals surface area (Å²) in [4.78, 5) is 0.0726. The third-order valence-corrected chi connectivity index (χ3v) is 4.42. The lowest BCUT2D eigenvalue weighted by atomic mass is 10.3. The molecule has 0 saturated carbocycles. The largest absolute Gasteiger partial charge is 0.398 e. The van der Waals surface area contributed by atoms with E-state index in [0.717, 1.165) is 0 Å². The van der Waals surface area contributed by atoms with Crippen molar-refractivity contribution in [2.24, 2.45) is 0 Å². The van der Waals surface area contributed by atoms with Crippen LogP contribution >= 0.6 is 11.6 Å². The Labute approximate surface area is 116 Å². The summed E-state index contributed by atoms with van der Waals surface area (Å²) in [6.45, 7) is 1.55. The van der Waals surface area contributed by atoms with E-state index in [0.29, 0.717) is 25.5 Å². The lowest BCUT2D eigenvalue weighted by molar-refractivity contribution is -0.0846. The van der Waals surface area contributed by atoms with Gasteiger partial charge in [0, 0.05) is 6.54 Å². The van der Waals surface area contributed by atoms with Crippen molar-refractivity contribution in [2.45, 2.75) is 11.0 Å². The van der Waals surface area contributed by atoms with Crippen LogP contribution in [0.25, 0.3) is 0 Å². The molecule has 0 spiro atoms. The van der Waals surface area contributed by atoms with Crippen molar-refractivity contribution in [1.82, 2.24) is 4.72 Å². The van der Waals surface area contributed by atoms with E-state index in [1.54, 1.807) is 0 Å². The van der Waals surface area contributed by atoms with Gasteiger partial charge in [-0.2, -0.15) is 0 Å². The summed E-state index contributed by atoms with van der Waals surface area (Å²) in [7, 11) is -3.62. The Kier molecular flexibility index (Phi) is 4.64. The maximum absolute atomic E-state index is 12.0. The number of hydrogen-bond acceptors (Lipinski definition) is 5. The van der Waals surface area contributed by atoms with Crippen LogP contribution in [-0.4, -0.2) is 40.9 Å². The van der Waals surface area contributed by atoms with Crippen LogP contribution in [0.15, 0.2) is 23.1 Å². The van der Waals surface area contributed by atoms with E-state index >= 15 is 0 Å². The Morgan fingerprint density at radius 2 is 2.21 bits per heavy atom. The number of hydrogen-bond donors (Lipinski definition) is 2. The van der Waals surface area contributed by atoms with E-state index in [1.807, 2.05) is 0 Å². The van der Waals surface area contributed by atoms with Gasteiger partial charge in [0.1, 0.15) is 0 Å². The first-order valence-corrected chi connectivity index (χ1v) is 7.59. The van der Waals surface area contributed by atoms with E-state index in [2.05, 4.69) is 4.72 Å². The fourth-order valence-corrected chi connectivity index (χ4v) is 2.95. The van der Waals surface area contributed by atoms with E-state index in [-0.39, 0.29) is 22.6 Å². The first-order chi connectivity index (χ1) is 8.99. The molecule has 6 nitrogen and oxygen atoms in total. The number of sulfonamides is 1. The van der Waals surface area contributed by atoms with Crippen LogP contribution in [0, 0.1) is 0 Å². The first kappa shape index (κ1) is 14.5. The average Bonchev–Trinajstić information content (AvgIpc) is 2.41. The molecule has 1 saturated heterocycles. The molecular formula is C11H15ClN2O4S. The highest BCUT2D eigenvalue weighted by molar-refractivity contribution is 7.89. The molecular weight excluding hydrogens is 292 g/mol. The van der Waals surface area contributed by atoms with Gasteiger partial charge in [0.2, 0.25) is 10.0 Å². The first-order valence-electron chi connectivity index (χ1n) is 5.73. The maximum atomic E-state index is 12.0. The summed E-state index contributed by atoms with van der Waals surface area (Å²) >= 11 is 5.81. The van der Waals surface area contributed by atoms with Crippen LogP contribution in [-0.2, 0) is 19.5 Å². The summed E-state index contributed by atoms with van der Waals surface area (Å²) in [6, 6.07) is 4.18. The molecule has 0 aliphatic carbocycles. The van der Waals surface area contributed by atoms with E-state index in [4.69, 9.17) is 26.8 Å². The number of nitrogens with one attached hydrogen (secondary N) is 1. The second-order valence-electron chi connectivity index (χ2n) is 4.10. The second-order valence-corrected chi connectivity index (χ2v) is 6.28. The van der Waals surface area contributed by atoms with Gasteiger partial charge in [-0.3, -0.25) is 0 Å². The number of rotatable bonds is 4. The van der Waals surface area contributed by atoms with Crippen LogP contribution < -0.4 is 10.5 Å². The number of anilines is 1. The van der Waals surface area contributed by atoms with Crippen molar-refractivity contribution in [3.05, 3.63) is 23.2 Å². The fraction of sp³-hybridized carbons (Fsp3) is 0.455. The Balaban J connectivity index is 2.02. The minimum absolute atomic E-state index is 0.0726. The van der Waals surface area contributed by atoms with Crippen LogP contribution in [0.3, 0.4) is 0 Å². The minimum atomic E-state index is -3.62. The highest BCUT2D eigenvalue weighted by atomic mass is 35.5. The lowest BCUT2D eigenvalue weighted by Gasteiger charge is -2.23. The quantitative estimate of drug-likeness (QED) is 0.796. The van der Waals surface area contributed by atoms with E-state index in [9.17, 15) is 8.42 Å². The van der Waals surface area contributed by atoms with Crippen LogP contribution in [0.2, 0.25) is 5.02 Å². The van der Waals surface area contributed by atoms with Crippen molar-refractivity contribution >= 4 is 27.3 Å². The second kappa shape index (κ2) is 6.06. The van der Waals surface area contributed by atoms with Crippen molar-refractivity contribution in [2.75, 3.05) is 32.1 Å². The molecule has 3 N–H and O–H groups in total. The van der Waals surface area contributed by atoms with Crippen LogP contribution in [0.4, 0.5) is 5.69 Å². The molecule has 1 atom stereocenters. The van der Waals surface area contributed by atoms with Gasteiger partial charge in [0.15, 0.2) is 0 Å². The maximum Gasteiger partial charge on any atom is 0.240 e. The molecule has 0 bridgehead atoms. The number of nitrogens with two attached hydrogens (primary N) is 1. The Bertz CT molecular complexity index is 544. The predicted octanol–water partition coefficient (Wildman–Crippen LogP) is 0.616. The SMILES string of the molecule is Nc1ccc(S(=O)(=O)NCC2COCCO2)cc1Cl. The zero-order valence-electron chi connectivity index (χ0n) is 10.1. The number of benzene rings is 1. The monoisotopic (exact) mass is 306 g/mol.